The first-order valence-corrected chi connectivity index (χ1v) is 9.57. The standard InChI is InChI=1S/C17H18N2O5S2/c1-4-24-17(21)15-10(2)11(3)26-16(15)18-14(20)9-25-13-7-5-12(6-8-13)19(22)23/h5-8H,4,9H2,1-3H3,(H,18,20). The SMILES string of the molecule is CCOC(=O)c1c(NC(=O)CSc2ccc([N+](=O)[O-])cc2)sc(C)c1C. The lowest BCUT2D eigenvalue weighted by molar-refractivity contribution is -0.384. The lowest BCUT2D eigenvalue weighted by atomic mass is 10.1. The average Bonchev–Trinajstić information content (AvgIpc) is 2.87. The predicted octanol–water partition coefficient (Wildman–Crippen LogP) is 4.18. The molecule has 2 rings (SSSR count). The summed E-state index contributed by atoms with van der Waals surface area (Å²) in [5.41, 5.74) is 1.19. The summed E-state index contributed by atoms with van der Waals surface area (Å²) in [6, 6.07) is 5.98. The number of esters is 1. The zero-order valence-corrected chi connectivity index (χ0v) is 16.2. The van der Waals surface area contributed by atoms with Crippen molar-refractivity contribution in [3.8, 4) is 0 Å². The van der Waals surface area contributed by atoms with Gasteiger partial charge in [-0.2, -0.15) is 0 Å². The number of thiophene rings is 1. The Morgan fingerprint density at radius 3 is 2.50 bits per heavy atom. The number of carbonyl (C=O) groups excluding carboxylic acids is 2. The molecule has 0 saturated carbocycles. The van der Waals surface area contributed by atoms with Crippen LogP contribution < -0.4 is 5.32 Å². The van der Waals surface area contributed by atoms with Gasteiger partial charge in [-0.15, -0.1) is 23.1 Å². The number of thioether (sulfide) groups is 1. The van der Waals surface area contributed by atoms with Crippen LogP contribution in [0.2, 0.25) is 0 Å². The van der Waals surface area contributed by atoms with E-state index in [9.17, 15) is 19.7 Å². The van der Waals surface area contributed by atoms with Crippen molar-refractivity contribution in [2.45, 2.75) is 25.7 Å². The van der Waals surface area contributed by atoms with Gasteiger partial charge >= 0.3 is 5.97 Å². The van der Waals surface area contributed by atoms with Gasteiger partial charge in [0.1, 0.15) is 5.00 Å². The third-order valence-electron chi connectivity index (χ3n) is 3.54. The molecule has 0 aliphatic heterocycles. The van der Waals surface area contributed by atoms with E-state index in [-0.39, 0.29) is 24.0 Å². The summed E-state index contributed by atoms with van der Waals surface area (Å²) < 4.78 is 5.06. The van der Waals surface area contributed by atoms with Crippen LogP contribution in [-0.2, 0) is 9.53 Å². The topological polar surface area (TPSA) is 98.5 Å². The van der Waals surface area contributed by atoms with Crippen LogP contribution in [0.3, 0.4) is 0 Å². The number of rotatable bonds is 7. The fourth-order valence-electron chi connectivity index (χ4n) is 2.14. The largest absolute Gasteiger partial charge is 0.462 e. The minimum absolute atomic E-state index is 0.00224. The molecule has 9 heteroatoms. The Morgan fingerprint density at radius 2 is 1.92 bits per heavy atom. The van der Waals surface area contributed by atoms with Crippen LogP contribution in [0, 0.1) is 24.0 Å². The summed E-state index contributed by atoms with van der Waals surface area (Å²) >= 11 is 2.59. The van der Waals surface area contributed by atoms with Gasteiger partial charge in [0.05, 0.1) is 22.8 Å². The van der Waals surface area contributed by atoms with E-state index in [0.717, 1.165) is 15.3 Å². The van der Waals surface area contributed by atoms with Crippen molar-refractivity contribution in [3.05, 3.63) is 50.4 Å². The lowest BCUT2D eigenvalue weighted by Gasteiger charge is -2.07. The van der Waals surface area contributed by atoms with Gasteiger partial charge in [-0.25, -0.2) is 4.79 Å². The molecule has 1 N–H and O–H groups in total. The van der Waals surface area contributed by atoms with E-state index in [1.54, 1.807) is 19.1 Å². The van der Waals surface area contributed by atoms with Gasteiger partial charge in [0.25, 0.3) is 5.69 Å². The van der Waals surface area contributed by atoms with Crippen LogP contribution in [0.4, 0.5) is 10.7 Å². The maximum Gasteiger partial charge on any atom is 0.341 e. The quantitative estimate of drug-likeness (QED) is 0.327. The Kier molecular flexibility index (Phi) is 6.76. The molecule has 138 valence electrons. The number of aryl methyl sites for hydroxylation is 1. The van der Waals surface area contributed by atoms with Crippen molar-refractivity contribution in [2.75, 3.05) is 17.7 Å². The van der Waals surface area contributed by atoms with E-state index in [1.165, 1.54) is 35.2 Å². The highest BCUT2D eigenvalue weighted by Crippen LogP contribution is 2.33. The summed E-state index contributed by atoms with van der Waals surface area (Å²) in [5.74, 6) is -0.594. The third-order valence-corrected chi connectivity index (χ3v) is 5.67. The summed E-state index contributed by atoms with van der Waals surface area (Å²) in [5, 5.41) is 13.9. The van der Waals surface area contributed by atoms with E-state index in [2.05, 4.69) is 5.32 Å². The monoisotopic (exact) mass is 394 g/mol. The number of nitrogens with one attached hydrogen (secondary N) is 1. The molecular weight excluding hydrogens is 376 g/mol. The molecule has 2 aromatic rings. The summed E-state index contributed by atoms with van der Waals surface area (Å²) in [7, 11) is 0. The number of nitro benzene ring substituents is 1. The first-order chi connectivity index (χ1) is 12.3. The molecule has 1 aromatic heterocycles. The smallest absolute Gasteiger partial charge is 0.341 e. The Morgan fingerprint density at radius 1 is 1.27 bits per heavy atom. The molecule has 1 amide bonds. The second-order valence-corrected chi connectivity index (χ2v) is 7.57. The molecule has 26 heavy (non-hydrogen) atoms. The number of nitrogens with zero attached hydrogens (tertiary/aromatic N) is 1. The van der Waals surface area contributed by atoms with Crippen molar-refractivity contribution in [1.29, 1.82) is 0 Å². The van der Waals surface area contributed by atoms with Crippen LogP contribution in [0.5, 0.6) is 0 Å². The van der Waals surface area contributed by atoms with Crippen molar-refractivity contribution in [1.82, 2.24) is 0 Å². The fourth-order valence-corrected chi connectivity index (χ4v) is 3.90. The first kappa shape index (κ1) is 19.9. The third kappa shape index (κ3) is 4.83. The fraction of sp³-hybridized carbons (Fsp3) is 0.294. The summed E-state index contributed by atoms with van der Waals surface area (Å²) in [4.78, 5) is 36.2. The van der Waals surface area contributed by atoms with Gasteiger partial charge in [-0.1, -0.05) is 0 Å². The van der Waals surface area contributed by atoms with Gasteiger partial charge in [0, 0.05) is 21.9 Å². The zero-order valence-electron chi connectivity index (χ0n) is 14.5. The first-order valence-electron chi connectivity index (χ1n) is 7.77. The predicted molar refractivity (Wildman–Crippen MR) is 102 cm³/mol. The number of hydrogen-bond acceptors (Lipinski definition) is 7. The number of non-ortho nitro benzene ring substituents is 1. The normalized spacial score (nSPS) is 10.4. The number of hydrogen-bond donors (Lipinski definition) is 1. The minimum Gasteiger partial charge on any atom is -0.462 e. The molecule has 0 spiro atoms. The molecule has 0 unspecified atom stereocenters. The molecule has 0 aliphatic carbocycles. The highest BCUT2D eigenvalue weighted by molar-refractivity contribution is 8.00. The van der Waals surface area contributed by atoms with Crippen LogP contribution in [0.1, 0.15) is 27.7 Å². The molecule has 0 radical (unpaired) electrons. The van der Waals surface area contributed by atoms with E-state index < -0.39 is 10.9 Å². The van der Waals surface area contributed by atoms with Crippen LogP contribution >= 0.6 is 23.1 Å². The summed E-state index contributed by atoms with van der Waals surface area (Å²) in [6.45, 7) is 5.69. The Balaban J connectivity index is 2.02. The molecule has 1 aromatic carbocycles. The maximum atomic E-state index is 12.2. The molecule has 0 fully saturated rings. The number of nitro groups is 1. The van der Waals surface area contributed by atoms with Crippen molar-refractivity contribution >= 4 is 45.7 Å². The van der Waals surface area contributed by atoms with Crippen LogP contribution in [0.25, 0.3) is 0 Å². The van der Waals surface area contributed by atoms with E-state index in [4.69, 9.17) is 4.74 Å². The Bertz CT molecular complexity index is 830. The van der Waals surface area contributed by atoms with Gasteiger partial charge in [-0.05, 0) is 38.5 Å². The molecule has 0 aliphatic rings. The zero-order chi connectivity index (χ0) is 19.3. The molecule has 0 bridgehead atoms. The number of benzene rings is 1. The molecule has 7 nitrogen and oxygen atoms in total. The minimum atomic E-state index is -0.473. The summed E-state index contributed by atoms with van der Waals surface area (Å²) in [6.07, 6.45) is 0. The number of ether oxygens (including phenoxy) is 1. The van der Waals surface area contributed by atoms with E-state index >= 15 is 0 Å². The Labute approximate surface area is 158 Å². The van der Waals surface area contributed by atoms with Gasteiger partial charge in [0.15, 0.2) is 0 Å². The second-order valence-electron chi connectivity index (χ2n) is 5.30. The maximum absolute atomic E-state index is 12.2. The molecule has 0 atom stereocenters. The molecular formula is C17H18N2O5S2. The van der Waals surface area contributed by atoms with E-state index in [1.807, 2.05) is 13.8 Å². The Hall–Kier alpha value is -2.39. The average molecular weight is 394 g/mol. The number of carbonyl (C=O) groups is 2. The van der Waals surface area contributed by atoms with E-state index in [0.29, 0.717) is 10.6 Å². The van der Waals surface area contributed by atoms with Crippen LogP contribution in [0.15, 0.2) is 29.2 Å². The molecule has 0 saturated heterocycles. The lowest BCUT2D eigenvalue weighted by Crippen LogP contribution is -2.16. The van der Waals surface area contributed by atoms with Crippen molar-refractivity contribution < 1.29 is 19.2 Å². The van der Waals surface area contributed by atoms with Gasteiger partial charge in [-0.3, -0.25) is 14.9 Å². The number of amides is 1. The van der Waals surface area contributed by atoms with Gasteiger partial charge < -0.3 is 10.1 Å². The highest BCUT2D eigenvalue weighted by atomic mass is 32.2. The van der Waals surface area contributed by atoms with Gasteiger partial charge in [0.2, 0.25) is 5.91 Å². The van der Waals surface area contributed by atoms with Crippen LogP contribution in [-0.4, -0.2) is 29.2 Å². The van der Waals surface area contributed by atoms with Crippen molar-refractivity contribution in [3.63, 3.8) is 0 Å². The van der Waals surface area contributed by atoms with Crippen molar-refractivity contribution in [2.24, 2.45) is 0 Å². The second kappa shape index (κ2) is 8.81. The molecule has 1 heterocycles. The number of anilines is 1. The highest BCUT2D eigenvalue weighted by Gasteiger charge is 2.22.